The van der Waals surface area contributed by atoms with Gasteiger partial charge in [0.05, 0.1) is 11.8 Å². The predicted octanol–water partition coefficient (Wildman–Crippen LogP) is -1.77. The highest BCUT2D eigenvalue weighted by molar-refractivity contribution is 7.90. The van der Waals surface area contributed by atoms with Crippen molar-refractivity contribution < 1.29 is 13.2 Å². The maximum absolute atomic E-state index is 10.6. The van der Waals surface area contributed by atoms with Gasteiger partial charge in [0.25, 0.3) is 0 Å². The van der Waals surface area contributed by atoms with Crippen LogP contribution in [0, 0.1) is 0 Å². The van der Waals surface area contributed by atoms with Crippen LogP contribution in [0.1, 0.15) is 6.42 Å². The molecule has 0 aromatic heterocycles. The first kappa shape index (κ1) is 10.4. The molecule has 0 radical (unpaired) electrons. The van der Waals surface area contributed by atoms with Crippen molar-refractivity contribution in [2.75, 3.05) is 12.0 Å². The van der Waals surface area contributed by atoms with Crippen LogP contribution in [-0.2, 0) is 14.6 Å². The van der Waals surface area contributed by atoms with Gasteiger partial charge in [-0.15, -0.1) is 0 Å². The van der Waals surface area contributed by atoms with E-state index in [0.717, 1.165) is 6.26 Å². The third-order valence-corrected chi connectivity index (χ3v) is 2.14. The van der Waals surface area contributed by atoms with Gasteiger partial charge >= 0.3 is 0 Å². The predicted molar refractivity (Wildman–Crippen MR) is 41.5 cm³/mol. The Morgan fingerprint density at radius 1 is 1.55 bits per heavy atom. The van der Waals surface area contributed by atoms with E-state index in [1.165, 1.54) is 0 Å². The van der Waals surface area contributed by atoms with Crippen molar-refractivity contribution in [2.45, 2.75) is 12.5 Å². The Bertz CT molecular complexity index is 234. The molecule has 0 aliphatic heterocycles. The van der Waals surface area contributed by atoms with Crippen LogP contribution < -0.4 is 11.5 Å². The Kier molecular flexibility index (Phi) is 3.47. The molecule has 6 heteroatoms. The Morgan fingerprint density at radius 2 is 2.00 bits per heavy atom. The van der Waals surface area contributed by atoms with Crippen molar-refractivity contribution in [1.29, 1.82) is 0 Å². The van der Waals surface area contributed by atoms with Crippen molar-refractivity contribution in [2.24, 2.45) is 11.5 Å². The number of primary amides is 1. The maximum Gasteiger partial charge on any atom is 0.234 e. The van der Waals surface area contributed by atoms with Crippen molar-refractivity contribution in [3.63, 3.8) is 0 Å². The van der Waals surface area contributed by atoms with E-state index in [4.69, 9.17) is 11.5 Å². The second-order valence-electron chi connectivity index (χ2n) is 2.43. The third kappa shape index (κ3) is 5.81. The molecule has 0 spiro atoms. The average Bonchev–Trinajstić information content (AvgIpc) is 1.80. The van der Waals surface area contributed by atoms with E-state index in [1.54, 1.807) is 0 Å². The van der Waals surface area contributed by atoms with Gasteiger partial charge in [-0.05, 0) is 6.42 Å². The van der Waals surface area contributed by atoms with Crippen molar-refractivity contribution in [3.05, 3.63) is 0 Å². The lowest BCUT2D eigenvalue weighted by Crippen LogP contribution is -2.37. The molecule has 5 nitrogen and oxygen atoms in total. The minimum atomic E-state index is -3.04. The van der Waals surface area contributed by atoms with Gasteiger partial charge in [0.2, 0.25) is 5.91 Å². The van der Waals surface area contributed by atoms with Gasteiger partial charge in [0.1, 0.15) is 9.84 Å². The molecule has 0 aromatic carbocycles. The number of sulfone groups is 1. The number of carbonyl (C=O) groups is 1. The zero-order valence-corrected chi connectivity index (χ0v) is 7.10. The molecule has 4 N–H and O–H groups in total. The van der Waals surface area contributed by atoms with Gasteiger partial charge in [0, 0.05) is 6.26 Å². The number of hydrogen-bond donors (Lipinski definition) is 2. The molecule has 66 valence electrons. The summed E-state index contributed by atoms with van der Waals surface area (Å²) in [6.07, 6.45) is 1.18. The second kappa shape index (κ2) is 3.68. The lowest BCUT2D eigenvalue weighted by molar-refractivity contribution is -0.119. The van der Waals surface area contributed by atoms with Crippen LogP contribution in [0.5, 0.6) is 0 Å². The standard InChI is InChI=1S/C5H12N2O3S/c1-11(9,10)3-2-4(6)5(7)8/h4H,2-3,6H2,1H3,(H2,7,8)/t4-/m1/s1. The maximum atomic E-state index is 10.6. The molecule has 0 unspecified atom stereocenters. The molecule has 0 rings (SSSR count). The fourth-order valence-electron chi connectivity index (χ4n) is 0.483. The Morgan fingerprint density at radius 3 is 2.27 bits per heavy atom. The summed E-state index contributed by atoms with van der Waals surface area (Å²) < 4.78 is 21.1. The smallest absolute Gasteiger partial charge is 0.234 e. The summed E-state index contributed by atoms with van der Waals surface area (Å²) in [4.78, 5) is 10.3. The minimum Gasteiger partial charge on any atom is -0.368 e. The molecule has 0 aliphatic carbocycles. The highest BCUT2D eigenvalue weighted by Gasteiger charge is 2.11. The van der Waals surface area contributed by atoms with Crippen LogP contribution in [-0.4, -0.2) is 32.4 Å². The SMILES string of the molecule is CS(=O)(=O)CC[C@@H](N)C(N)=O. The fourth-order valence-corrected chi connectivity index (χ4v) is 1.17. The molecule has 0 saturated carbocycles. The topological polar surface area (TPSA) is 103 Å². The van der Waals surface area contributed by atoms with E-state index in [-0.39, 0.29) is 12.2 Å². The molecule has 0 bridgehead atoms. The molecule has 0 saturated heterocycles. The van der Waals surface area contributed by atoms with Crippen molar-refractivity contribution in [3.8, 4) is 0 Å². The summed E-state index contributed by atoms with van der Waals surface area (Å²) in [7, 11) is -3.04. The molecule has 1 atom stereocenters. The quantitative estimate of drug-likeness (QED) is 0.534. The van der Waals surface area contributed by atoms with Crippen LogP contribution in [0.4, 0.5) is 0 Å². The average molecular weight is 180 g/mol. The van der Waals surface area contributed by atoms with E-state index < -0.39 is 21.8 Å². The largest absolute Gasteiger partial charge is 0.368 e. The first-order chi connectivity index (χ1) is 4.83. The lowest BCUT2D eigenvalue weighted by Gasteiger charge is -2.04. The summed E-state index contributed by atoms with van der Waals surface area (Å²) in [6, 6.07) is -0.857. The van der Waals surface area contributed by atoms with Crippen molar-refractivity contribution >= 4 is 15.7 Å². The summed E-state index contributed by atoms with van der Waals surface area (Å²) >= 11 is 0. The first-order valence-electron chi connectivity index (χ1n) is 3.05. The molecule has 0 aromatic rings. The zero-order chi connectivity index (χ0) is 9.07. The molecule has 0 aliphatic rings. The van der Waals surface area contributed by atoms with Gasteiger partial charge < -0.3 is 11.5 Å². The summed E-state index contributed by atoms with van der Waals surface area (Å²) in [5, 5.41) is 0. The van der Waals surface area contributed by atoms with Crippen LogP contribution in [0.2, 0.25) is 0 Å². The number of carbonyl (C=O) groups excluding carboxylic acids is 1. The summed E-state index contributed by atoms with van der Waals surface area (Å²) in [5.41, 5.74) is 9.99. The lowest BCUT2D eigenvalue weighted by atomic mass is 10.2. The van der Waals surface area contributed by atoms with Crippen LogP contribution in [0.3, 0.4) is 0 Å². The van der Waals surface area contributed by atoms with Crippen LogP contribution in [0.15, 0.2) is 0 Å². The third-order valence-electron chi connectivity index (χ3n) is 1.17. The van der Waals surface area contributed by atoms with E-state index in [1.807, 2.05) is 0 Å². The molecular weight excluding hydrogens is 168 g/mol. The number of nitrogens with two attached hydrogens (primary N) is 2. The molecule has 0 fully saturated rings. The van der Waals surface area contributed by atoms with Gasteiger partial charge in [-0.25, -0.2) is 8.42 Å². The molecule has 1 amide bonds. The highest BCUT2D eigenvalue weighted by atomic mass is 32.2. The Labute approximate surface area is 65.7 Å². The van der Waals surface area contributed by atoms with Gasteiger partial charge in [-0.3, -0.25) is 4.79 Å². The number of hydrogen-bond acceptors (Lipinski definition) is 4. The van der Waals surface area contributed by atoms with Gasteiger partial charge in [-0.2, -0.15) is 0 Å². The fraction of sp³-hybridized carbons (Fsp3) is 0.800. The number of amides is 1. The molecule has 0 heterocycles. The van der Waals surface area contributed by atoms with Gasteiger partial charge in [0.15, 0.2) is 0 Å². The van der Waals surface area contributed by atoms with E-state index in [0.29, 0.717) is 0 Å². The van der Waals surface area contributed by atoms with E-state index in [2.05, 4.69) is 0 Å². The van der Waals surface area contributed by atoms with E-state index >= 15 is 0 Å². The molecule has 11 heavy (non-hydrogen) atoms. The Balaban J connectivity index is 3.82. The van der Waals surface area contributed by atoms with Gasteiger partial charge in [-0.1, -0.05) is 0 Å². The van der Waals surface area contributed by atoms with E-state index in [9.17, 15) is 13.2 Å². The minimum absolute atomic E-state index is 0.0914. The highest BCUT2D eigenvalue weighted by Crippen LogP contribution is 1.92. The Hall–Kier alpha value is -0.620. The monoisotopic (exact) mass is 180 g/mol. The molecular formula is C5H12N2O3S. The second-order valence-corrected chi connectivity index (χ2v) is 4.69. The first-order valence-corrected chi connectivity index (χ1v) is 5.11. The summed E-state index contributed by atoms with van der Waals surface area (Å²) in [6.45, 7) is 0. The van der Waals surface area contributed by atoms with Crippen molar-refractivity contribution in [1.82, 2.24) is 0 Å². The number of rotatable bonds is 4. The summed E-state index contributed by atoms with van der Waals surface area (Å²) in [5.74, 6) is -0.773. The normalized spacial score (nSPS) is 14.4. The zero-order valence-electron chi connectivity index (χ0n) is 6.28. The van der Waals surface area contributed by atoms with Crippen LogP contribution >= 0.6 is 0 Å². The van der Waals surface area contributed by atoms with Crippen LogP contribution in [0.25, 0.3) is 0 Å².